The molecule has 1 amide bonds. The number of aryl methyl sites for hydroxylation is 1. The lowest BCUT2D eigenvalue weighted by molar-refractivity contribution is -0.114. The number of para-hydroxylation sites is 1. The Balaban J connectivity index is 2.39. The normalized spacial score (nSPS) is 11.0. The number of anilines is 2. The third-order valence-electron chi connectivity index (χ3n) is 2.68. The first-order chi connectivity index (χ1) is 10.7. The fourth-order valence-electron chi connectivity index (χ4n) is 1.79. The second-order valence-electron chi connectivity index (χ2n) is 4.53. The zero-order valence-corrected chi connectivity index (χ0v) is 13.8. The molecule has 1 aromatic heterocycles. The molecule has 0 aliphatic heterocycles. The van der Waals surface area contributed by atoms with Gasteiger partial charge in [-0.15, -0.1) is 0 Å². The lowest BCUT2D eigenvalue weighted by Gasteiger charge is -2.09. The van der Waals surface area contributed by atoms with Gasteiger partial charge in [-0.2, -0.15) is 0 Å². The summed E-state index contributed by atoms with van der Waals surface area (Å²) >= 11 is 0.787. The monoisotopic (exact) mass is 355 g/mol. The van der Waals surface area contributed by atoms with Gasteiger partial charge in [-0.3, -0.25) is 9.52 Å². The highest BCUT2D eigenvalue weighted by Crippen LogP contribution is 2.29. The number of carboxylic acid groups (broad SMARTS) is 1. The molecule has 3 N–H and O–H groups in total. The first-order valence-corrected chi connectivity index (χ1v) is 8.61. The van der Waals surface area contributed by atoms with Crippen molar-refractivity contribution >= 4 is 44.1 Å². The zero-order valence-electron chi connectivity index (χ0n) is 12.2. The van der Waals surface area contributed by atoms with E-state index in [0.29, 0.717) is 0 Å². The molecule has 0 saturated heterocycles. The molecule has 0 aliphatic rings. The van der Waals surface area contributed by atoms with E-state index >= 15 is 0 Å². The number of benzene rings is 1. The Morgan fingerprint density at radius 1 is 1.26 bits per heavy atom. The molecule has 0 atom stereocenters. The first kappa shape index (κ1) is 16.9. The molecule has 23 heavy (non-hydrogen) atoms. The summed E-state index contributed by atoms with van der Waals surface area (Å²) in [6.07, 6.45) is 0. The number of aromatic nitrogens is 1. The highest BCUT2D eigenvalue weighted by atomic mass is 32.2. The Hall–Kier alpha value is -2.46. The molecule has 0 spiro atoms. The Labute approximate surface area is 136 Å². The zero-order chi connectivity index (χ0) is 17.2. The number of amides is 1. The number of nitrogens with zero attached hydrogens (tertiary/aromatic N) is 1. The van der Waals surface area contributed by atoms with Gasteiger partial charge in [-0.1, -0.05) is 23.5 Å². The van der Waals surface area contributed by atoms with Gasteiger partial charge in [0.25, 0.3) is 10.0 Å². The third kappa shape index (κ3) is 3.85. The van der Waals surface area contributed by atoms with Crippen molar-refractivity contribution < 1.29 is 23.1 Å². The van der Waals surface area contributed by atoms with E-state index in [0.717, 1.165) is 11.3 Å². The lowest BCUT2D eigenvalue weighted by Crippen LogP contribution is -2.15. The minimum absolute atomic E-state index is 0.0473. The largest absolute Gasteiger partial charge is 0.478 e. The Morgan fingerprint density at radius 3 is 2.52 bits per heavy atom. The van der Waals surface area contributed by atoms with Crippen LogP contribution in [0.4, 0.5) is 10.8 Å². The molecule has 2 aromatic rings. The molecule has 0 fully saturated rings. The molecule has 8 nitrogen and oxygen atoms in total. The molecule has 1 heterocycles. The van der Waals surface area contributed by atoms with E-state index < -0.39 is 16.0 Å². The quantitative estimate of drug-likeness (QED) is 0.752. The van der Waals surface area contributed by atoms with E-state index in [2.05, 4.69) is 15.0 Å². The maximum absolute atomic E-state index is 12.5. The van der Waals surface area contributed by atoms with Gasteiger partial charge in [0.15, 0.2) is 9.34 Å². The van der Waals surface area contributed by atoms with Crippen LogP contribution in [0.5, 0.6) is 0 Å². The van der Waals surface area contributed by atoms with Gasteiger partial charge in [0.1, 0.15) is 0 Å². The van der Waals surface area contributed by atoms with E-state index in [4.69, 9.17) is 5.11 Å². The highest BCUT2D eigenvalue weighted by Gasteiger charge is 2.24. The maximum atomic E-state index is 12.5. The van der Waals surface area contributed by atoms with Crippen LogP contribution in [0.1, 0.15) is 23.0 Å². The van der Waals surface area contributed by atoms with Gasteiger partial charge >= 0.3 is 5.97 Å². The van der Waals surface area contributed by atoms with Crippen LogP contribution in [0, 0.1) is 6.92 Å². The second-order valence-corrected chi connectivity index (χ2v) is 7.41. The Morgan fingerprint density at radius 2 is 1.91 bits per heavy atom. The number of rotatable bonds is 5. The summed E-state index contributed by atoms with van der Waals surface area (Å²) in [5, 5.41) is 11.7. The molecule has 2 rings (SSSR count). The van der Waals surface area contributed by atoms with E-state index in [1.807, 2.05) is 0 Å². The number of nitrogens with one attached hydrogen (secondary N) is 2. The molecule has 0 radical (unpaired) electrons. The second kappa shape index (κ2) is 6.34. The van der Waals surface area contributed by atoms with Crippen molar-refractivity contribution in [3.05, 3.63) is 35.5 Å². The molecule has 10 heteroatoms. The molecule has 0 bridgehead atoms. The minimum atomic E-state index is -4.02. The van der Waals surface area contributed by atoms with E-state index in [1.54, 1.807) is 0 Å². The fraction of sp³-hybridized carbons (Fsp3) is 0.154. The number of hydrogen-bond acceptors (Lipinski definition) is 6. The van der Waals surface area contributed by atoms with Gasteiger partial charge in [0.2, 0.25) is 5.91 Å². The van der Waals surface area contributed by atoms with Crippen LogP contribution >= 0.6 is 11.3 Å². The number of sulfonamides is 1. The van der Waals surface area contributed by atoms with Crippen LogP contribution in [0.2, 0.25) is 0 Å². The number of carboxylic acids is 1. The van der Waals surface area contributed by atoms with Gasteiger partial charge in [-0.05, 0) is 19.1 Å². The highest BCUT2D eigenvalue weighted by molar-refractivity contribution is 7.94. The van der Waals surface area contributed by atoms with Gasteiger partial charge in [-0.25, -0.2) is 18.2 Å². The fourth-order valence-corrected chi connectivity index (χ4v) is 4.33. The predicted octanol–water partition coefficient (Wildman–Crippen LogP) is 1.91. The molecule has 0 aliphatic carbocycles. The van der Waals surface area contributed by atoms with Crippen LogP contribution in [-0.2, 0) is 14.8 Å². The van der Waals surface area contributed by atoms with Crippen molar-refractivity contribution in [1.29, 1.82) is 0 Å². The van der Waals surface area contributed by atoms with Crippen LogP contribution in [0.15, 0.2) is 28.5 Å². The van der Waals surface area contributed by atoms with Crippen molar-refractivity contribution in [3.63, 3.8) is 0 Å². The van der Waals surface area contributed by atoms with Gasteiger partial charge in [0, 0.05) is 6.92 Å². The SMILES string of the molecule is CC(=O)Nc1nc(C)c(S(=O)(=O)Nc2ccccc2C(=O)O)s1. The van der Waals surface area contributed by atoms with E-state index in [9.17, 15) is 18.0 Å². The van der Waals surface area contributed by atoms with Crippen LogP contribution < -0.4 is 10.0 Å². The van der Waals surface area contributed by atoms with Crippen molar-refractivity contribution in [2.75, 3.05) is 10.0 Å². The Kier molecular flexibility index (Phi) is 4.66. The van der Waals surface area contributed by atoms with Crippen molar-refractivity contribution in [2.45, 2.75) is 18.1 Å². The predicted molar refractivity (Wildman–Crippen MR) is 85.4 cm³/mol. The summed E-state index contributed by atoms with van der Waals surface area (Å²) in [5.74, 6) is -1.62. The molecular weight excluding hydrogens is 342 g/mol. The van der Waals surface area contributed by atoms with Crippen LogP contribution in [0.3, 0.4) is 0 Å². The maximum Gasteiger partial charge on any atom is 0.337 e. The lowest BCUT2D eigenvalue weighted by atomic mass is 10.2. The van der Waals surface area contributed by atoms with E-state index in [-0.39, 0.29) is 32.2 Å². The summed E-state index contributed by atoms with van der Waals surface area (Å²) in [6, 6.07) is 5.66. The molecule has 1 aromatic carbocycles. The number of hydrogen-bond donors (Lipinski definition) is 3. The first-order valence-electron chi connectivity index (χ1n) is 6.31. The molecule has 122 valence electrons. The number of carbonyl (C=O) groups is 2. The average molecular weight is 355 g/mol. The van der Waals surface area contributed by atoms with Crippen LogP contribution in [-0.4, -0.2) is 30.4 Å². The number of carbonyl (C=O) groups excluding carboxylic acids is 1. The third-order valence-corrected chi connectivity index (χ3v) is 5.73. The summed E-state index contributed by atoms with van der Waals surface area (Å²) < 4.78 is 27.0. The average Bonchev–Trinajstić information content (AvgIpc) is 2.79. The molecule has 0 unspecified atom stereocenters. The smallest absolute Gasteiger partial charge is 0.337 e. The Bertz CT molecular complexity index is 873. The van der Waals surface area contributed by atoms with Gasteiger partial charge < -0.3 is 10.4 Å². The molecule has 0 saturated carbocycles. The van der Waals surface area contributed by atoms with Crippen molar-refractivity contribution in [2.24, 2.45) is 0 Å². The number of aromatic carboxylic acids is 1. The molecular formula is C13H13N3O5S2. The van der Waals surface area contributed by atoms with E-state index in [1.165, 1.54) is 38.1 Å². The summed E-state index contributed by atoms with van der Waals surface area (Å²) in [4.78, 5) is 26.1. The van der Waals surface area contributed by atoms with Crippen molar-refractivity contribution in [1.82, 2.24) is 4.98 Å². The minimum Gasteiger partial charge on any atom is -0.478 e. The topological polar surface area (TPSA) is 125 Å². The standard InChI is InChI=1S/C13H13N3O5S2/c1-7-12(22-13(14-7)15-8(2)17)23(20,21)16-10-6-4-3-5-9(10)11(18)19/h3-6,16H,1-2H3,(H,18,19)(H,14,15,17). The summed E-state index contributed by atoms with van der Waals surface area (Å²) in [7, 11) is -4.02. The van der Waals surface area contributed by atoms with Gasteiger partial charge in [0.05, 0.1) is 16.9 Å². The van der Waals surface area contributed by atoms with Crippen LogP contribution in [0.25, 0.3) is 0 Å². The summed E-state index contributed by atoms with van der Waals surface area (Å²) in [6.45, 7) is 2.77. The summed E-state index contributed by atoms with van der Waals surface area (Å²) in [5.41, 5.74) is -0.00624. The van der Waals surface area contributed by atoms with Crippen molar-refractivity contribution in [3.8, 4) is 0 Å². The number of thiazole rings is 1.